The highest BCUT2D eigenvalue weighted by atomic mass is 32.1. The van der Waals surface area contributed by atoms with Crippen LogP contribution >= 0.6 is 12.6 Å². The number of amides is 1. The van der Waals surface area contributed by atoms with Gasteiger partial charge in [0.1, 0.15) is 0 Å². The maximum atomic E-state index is 12.2. The summed E-state index contributed by atoms with van der Waals surface area (Å²) in [6.07, 6.45) is 3.26. The third-order valence-corrected chi connectivity index (χ3v) is 3.96. The maximum absolute atomic E-state index is 12.2. The van der Waals surface area contributed by atoms with Gasteiger partial charge >= 0.3 is 0 Å². The first-order valence-corrected chi connectivity index (χ1v) is 7.73. The lowest BCUT2D eigenvalue weighted by molar-refractivity contribution is -0.129. The molecule has 110 valence electrons. The average Bonchev–Trinajstić information content (AvgIpc) is 3.27. The fraction of sp³-hybridized carbons (Fsp3) is 0.562. The van der Waals surface area contributed by atoms with Gasteiger partial charge in [0.2, 0.25) is 5.91 Å². The largest absolute Gasteiger partial charge is 0.379 e. The molecule has 1 fully saturated rings. The van der Waals surface area contributed by atoms with Crippen LogP contribution in [0.2, 0.25) is 0 Å². The molecule has 3 nitrogen and oxygen atoms in total. The summed E-state index contributed by atoms with van der Waals surface area (Å²) >= 11 is 4.43. The molecule has 0 saturated heterocycles. The quantitative estimate of drug-likeness (QED) is 0.589. The van der Waals surface area contributed by atoms with Gasteiger partial charge in [0.15, 0.2) is 0 Å². The van der Waals surface area contributed by atoms with Crippen molar-refractivity contribution < 1.29 is 9.53 Å². The third kappa shape index (κ3) is 5.17. The number of hydrogen-bond donors (Lipinski definition) is 1. The van der Waals surface area contributed by atoms with E-state index in [0.717, 1.165) is 18.1 Å². The molecule has 1 saturated carbocycles. The lowest BCUT2D eigenvalue weighted by Gasteiger charge is -2.21. The summed E-state index contributed by atoms with van der Waals surface area (Å²) in [5.41, 5.74) is 1.14. The Kier molecular flexibility index (Phi) is 5.92. The molecule has 0 N–H and O–H groups in total. The Morgan fingerprint density at radius 3 is 2.75 bits per heavy atom. The zero-order chi connectivity index (χ0) is 14.4. The molecule has 0 aromatic heterocycles. The minimum Gasteiger partial charge on any atom is -0.379 e. The van der Waals surface area contributed by atoms with Crippen molar-refractivity contribution in [3.8, 4) is 0 Å². The van der Waals surface area contributed by atoms with Crippen molar-refractivity contribution in [1.82, 2.24) is 4.90 Å². The molecule has 0 radical (unpaired) electrons. The van der Waals surface area contributed by atoms with Crippen LogP contribution in [0.3, 0.4) is 0 Å². The lowest BCUT2D eigenvalue weighted by Crippen LogP contribution is -2.37. The number of nitrogens with zero attached hydrogens (tertiary/aromatic N) is 1. The van der Waals surface area contributed by atoms with E-state index in [0.29, 0.717) is 19.6 Å². The number of likely N-dealkylation sites (N-methyl/N-ethyl adjacent to an activating group) is 1. The number of carbonyl (C=O) groups excluding carboxylic acids is 1. The second kappa shape index (κ2) is 7.70. The highest BCUT2D eigenvalue weighted by Crippen LogP contribution is 2.28. The number of rotatable bonds is 8. The minimum absolute atomic E-state index is 0.0622. The molecule has 1 unspecified atom stereocenters. The number of carbonyl (C=O) groups is 1. The molecule has 1 aromatic rings. The van der Waals surface area contributed by atoms with Crippen molar-refractivity contribution in [2.24, 2.45) is 5.92 Å². The molecule has 1 aliphatic rings. The molecular weight excluding hydrogens is 270 g/mol. The van der Waals surface area contributed by atoms with E-state index in [2.05, 4.69) is 12.6 Å². The van der Waals surface area contributed by atoms with E-state index in [4.69, 9.17) is 4.74 Å². The topological polar surface area (TPSA) is 29.5 Å². The second-order valence-corrected chi connectivity index (χ2v) is 6.11. The van der Waals surface area contributed by atoms with Crippen LogP contribution in [0.25, 0.3) is 0 Å². The van der Waals surface area contributed by atoms with E-state index < -0.39 is 0 Å². The van der Waals surface area contributed by atoms with Gasteiger partial charge < -0.3 is 9.64 Å². The van der Waals surface area contributed by atoms with Gasteiger partial charge in [-0.25, -0.2) is 0 Å². The normalized spacial score (nSPS) is 15.9. The SMILES string of the molecule is CN(CCOCC1CC1)C(=O)C(S)Cc1ccccc1. The fourth-order valence-corrected chi connectivity index (χ4v) is 2.43. The molecule has 2 rings (SSSR count). The van der Waals surface area contributed by atoms with Crippen LogP contribution in [-0.2, 0) is 16.0 Å². The van der Waals surface area contributed by atoms with Crippen molar-refractivity contribution in [2.45, 2.75) is 24.5 Å². The van der Waals surface area contributed by atoms with E-state index in [1.807, 2.05) is 37.4 Å². The van der Waals surface area contributed by atoms with Gasteiger partial charge in [-0.1, -0.05) is 30.3 Å². The molecule has 1 aromatic carbocycles. The van der Waals surface area contributed by atoms with Crippen molar-refractivity contribution in [2.75, 3.05) is 26.8 Å². The van der Waals surface area contributed by atoms with Gasteiger partial charge in [0.05, 0.1) is 11.9 Å². The second-order valence-electron chi connectivity index (χ2n) is 5.48. The summed E-state index contributed by atoms with van der Waals surface area (Å²) in [7, 11) is 1.82. The highest BCUT2D eigenvalue weighted by Gasteiger charge is 2.22. The van der Waals surface area contributed by atoms with Crippen LogP contribution in [0, 0.1) is 5.92 Å². The monoisotopic (exact) mass is 293 g/mol. The Balaban J connectivity index is 1.68. The summed E-state index contributed by atoms with van der Waals surface area (Å²) in [5, 5.41) is -0.286. The van der Waals surface area contributed by atoms with Crippen LogP contribution in [0.1, 0.15) is 18.4 Å². The van der Waals surface area contributed by atoms with Gasteiger partial charge in [-0.05, 0) is 30.7 Å². The summed E-state index contributed by atoms with van der Waals surface area (Å²) in [6, 6.07) is 9.98. The van der Waals surface area contributed by atoms with Crippen LogP contribution in [0.4, 0.5) is 0 Å². The molecule has 1 amide bonds. The van der Waals surface area contributed by atoms with Crippen molar-refractivity contribution in [3.63, 3.8) is 0 Å². The molecule has 0 spiro atoms. The Morgan fingerprint density at radius 1 is 1.40 bits per heavy atom. The van der Waals surface area contributed by atoms with E-state index in [1.54, 1.807) is 4.90 Å². The van der Waals surface area contributed by atoms with Gasteiger partial charge in [-0.3, -0.25) is 4.79 Å². The molecular formula is C16H23NO2S. The van der Waals surface area contributed by atoms with Gasteiger partial charge in [-0.15, -0.1) is 0 Å². The molecule has 4 heteroatoms. The first kappa shape index (κ1) is 15.4. The predicted molar refractivity (Wildman–Crippen MR) is 84.1 cm³/mol. The van der Waals surface area contributed by atoms with Gasteiger partial charge in [0.25, 0.3) is 0 Å². The summed E-state index contributed by atoms with van der Waals surface area (Å²) in [6.45, 7) is 2.10. The molecule has 1 aliphatic carbocycles. The van der Waals surface area contributed by atoms with Crippen LogP contribution in [0.5, 0.6) is 0 Å². The van der Waals surface area contributed by atoms with Crippen LogP contribution in [-0.4, -0.2) is 42.9 Å². The maximum Gasteiger partial charge on any atom is 0.235 e. The minimum atomic E-state index is -0.286. The van der Waals surface area contributed by atoms with Crippen molar-refractivity contribution in [1.29, 1.82) is 0 Å². The molecule has 20 heavy (non-hydrogen) atoms. The smallest absolute Gasteiger partial charge is 0.235 e. The van der Waals surface area contributed by atoms with Crippen LogP contribution in [0.15, 0.2) is 30.3 Å². The summed E-state index contributed by atoms with van der Waals surface area (Å²) in [4.78, 5) is 13.9. The molecule has 0 aliphatic heterocycles. The zero-order valence-corrected chi connectivity index (χ0v) is 12.9. The summed E-state index contributed by atoms with van der Waals surface area (Å²) < 4.78 is 5.56. The van der Waals surface area contributed by atoms with Gasteiger partial charge in [0, 0.05) is 20.2 Å². The Labute approximate surface area is 126 Å². The Morgan fingerprint density at radius 2 is 2.10 bits per heavy atom. The van der Waals surface area contributed by atoms with Crippen molar-refractivity contribution in [3.05, 3.63) is 35.9 Å². The van der Waals surface area contributed by atoms with Crippen molar-refractivity contribution >= 4 is 18.5 Å². The summed E-state index contributed by atoms with van der Waals surface area (Å²) in [5.74, 6) is 0.832. The standard InChI is InChI=1S/C16H23NO2S/c1-17(9-10-19-12-14-7-8-14)16(18)15(20)11-13-5-3-2-4-6-13/h2-6,14-15,20H,7-12H2,1H3. The van der Waals surface area contributed by atoms with Crippen LogP contribution < -0.4 is 0 Å². The third-order valence-electron chi connectivity index (χ3n) is 3.55. The Bertz CT molecular complexity index is 420. The average molecular weight is 293 g/mol. The highest BCUT2D eigenvalue weighted by molar-refractivity contribution is 7.81. The number of benzene rings is 1. The molecule has 0 bridgehead atoms. The van der Waals surface area contributed by atoms with Gasteiger partial charge in [-0.2, -0.15) is 12.6 Å². The Hall–Kier alpha value is -1.00. The number of hydrogen-bond acceptors (Lipinski definition) is 3. The lowest BCUT2D eigenvalue weighted by atomic mass is 10.1. The number of ether oxygens (including phenoxy) is 1. The van der Waals surface area contributed by atoms with E-state index >= 15 is 0 Å². The first-order chi connectivity index (χ1) is 9.66. The van der Waals surface area contributed by atoms with E-state index in [-0.39, 0.29) is 11.2 Å². The predicted octanol–water partition coefficient (Wildman–Crippen LogP) is 2.41. The van der Waals surface area contributed by atoms with E-state index in [1.165, 1.54) is 12.8 Å². The number of thiol groups is 1. The molecule has 1 atom stereocenters. The first-order valence-electron chi connectivity index (χ1n) is 7.21. The van der Waals surface area contributed by atoms with E-state index in [9.17, 15) is 4.79 Å². The zero-order valence-electron chi connectivity index (χ0n) is 12.0. The fourth-order valence-electron chi connectivity index (χ4n) is 2.03. The molecule has 0 heterocycles.